The first kappa shape index (κ1) is 16.9. The molecule has 0 aliphatic carbocycles. The van der Waals surface area contributed by atoms with Gasteiger partial charge in [-0.2, -0.15) is 0 Å². The molecule has 0 bridgehead atoms. The van der Waals surface area contributed by atoms with Crippen molar-refractivity contribution in [2.24, 2.45) is 5.92 Å². The Bertz CT molecular complexity index is 300. The van der Waals surface area contributed by atoms with Gasteiger partial charge in [0, 0.05) is 0 Å². The summed E-state index contributed by atoms with van der Waals surface area (Å²) in [4.78, 5) is 10.7. The summed E-state index contributed by atoms with van der Waals surface area (Å²) < 4.78 is 0. The minimum absolute atomic E-state index is 0.233. The van der Waals surface area contributed by atoms with E-state index in [1.54, 1.807) is 6.92 Å². The third-order valence-electron chi connectivity index (χ3n) is 3.21. The highest BCUT2D eigenvalue weighted by molar-refractivity contribution is 5.69. The predicted molar refractivity (Wildman–Crippen MR) is 77.7 cm³/mol. The number of carbonyl (C=O) groups is 1. The van der Waals surface area contributed by atoms with Gasteiger partial charge in [-0.3, -0.25) is 4.79 Å². The third kappa shape index (κ3) is 9.03. The van der Waals surface area contributed by atoms with Gasteiger partial charge in [-0.1, -0.05) is 37.1 Å². The first-order chi connectivity index (χ1) is 8.47. The number of hydrogen-bond donors (Lipinski definition) is 1. The lowest BCUT2D eigenvalue weighted by Gasteiger charge is -2.05. The van der Waals surface area contributed by atoms with Crippen LogP contribution in [0.25, 0.3) is 0 Å². The Morgan fingerprint density at radius 1 is 1.17 bits per heavy atom. The number of carboxylic acids is 1. The molecule has 0 saturated carbocycles. The lowest BCUT2D eigenvalue weighted by molar-refractivity contribution is -0.141. The summed E-state index contributed by atoms with van der Waals surface area (Å²) in [7, 11) is 0. The van der Waals surface area contributed by atoms with E-state index in [2.05, 4.69) is 32.9 Å². The average Bonchev–Trinajstić information content (AvgIpc) is 2.29. The summed E-state index contributed by atoms with van der Waals surface area (Å²) in [6.07, 6.45) is 10.7. The lowest BCUT2D eigenvalue weighted by Crippen LogP contribution is -2.08. The van der Waals surface area contributed by atoms with Crippen molar-refractivity contribution in [3.8, 4) is 0 Å². The number of allylic oxidation sites excluding steroid dienone is 4. The topological polar surface area (TPSA) is 37.3 Å². The van der Waals surface area contributed by atoms with Crippen molar-refractivity contribution in [3.05, 3.63) is 23.3 Å². The van der Waals surface area contributed by atoms with Gasteiger partial charge in [0.2, 0.25) is 0 Å². The van der Waals surface area contributed by atoms with Gasteiger partial charge in [0.1, 0.15) is 0 Å². The second-order valence-electron chi connectivity index (χ2n) is 5.18. The second kappa shape index (κ2) is 9.93. The van der Waals surface area contributed by atoms with Crippen molar-refractivity contribution < 1.29 is 9.90 Å². The Hall–Kier alpha value is -1.05. The van der Waals surface area contributed by atoms with E-state index >= 15 is 0 Å². The third-order valence-corrected chi connectivity index (χ3v) is 3.21. The van der Waals surface area contributed by atoms with Crippen LogP contribution in [0.15, 0.2) is 23.3 Å². The number of rotatable bonds is 9. The normalized spacial score (nSPS) is 14.7. The van der Waals surface area contributed by atoms with Crippen LogP contribution in [0.3, 0.4) is 0 Å². The Balaban J connectivity index is 3.78. The highest BCUT2D eigenvalue weighted by atomic mass is 16.4. The molecule has 0 radical (unpaired) electrons. The molecule has 0 aromatic rings. The quantitative estimate of drug-likeness (QED) is 0.589. The number of aliphatic carboxylic acids is 1. The second-order valence-corrected chi connectivity index (χ2v) is 5.18. The van der Waals surface area contributed by atoms with Crippen molar-refractivity contribution in [2.75, 3.05) is 0 Å². The number of hydrogen-bond acceptors (Lipinski definition) is 1. The maximum atomic E-state index is 10.7. The van der Waals surface area contributed by atoms with E-state index in [0.717, 1.165) is 25.7 Å². The van der Waals surface area contributed by atoms with Crippen LogP contribution in [0.4, 0.5) is 0 Å². The minimum Gasteiger partial charge on any atom is -0.481 e. The summed E-state index contributed by atoms with van der Waals surface area (Å²) >= 11 is 0. The van der Waals surface area contributed by atoms with E-state index in [-0.39, 0.29) is 5.92 Å². The Morgan fingerprint density at radius 3 is 2.22 bits per heavy atom. The molecule has 2 nitrogen and oxygen atoms in total. The largest absolute Gasteiger partial charge is 0.481 e. The molecule has 1 atom stereocenters. The molecule has 0 aromatic carbocycles. The molecular formula is C16H28O2. The fraction of sp³-hybridized carbons (Fsp3) is 0.688. The van der Waals surface area contributed by atoms with Crippen LogP contribution < -0.4 is 0 Å². The molecule has 18 heavy (non-hydrogen) atoms. The van der Waals surface area contributed by atoms with Gasteiger partial charge in [0.25, 0.3) is 0 Å². The van der Waals surface area contributed by atoms with Crippen LogP contribution in [-0.4, -0.2) is 11.1 Å². The summed E-state index contributed by atoms with van der Waals surface area (Å²) in [5, 5.41) is 8.77. The van der Waals surface area contributed by atoms with Crippen LogP contribution in [0, 0.1) is 5.92 Å². The summed E-state index contributed by atoms with van der Waals surface area (Å²) in [6, 6.07) is 0. The van der Waals surface area contributed by atoms with Crippen LogP contribution in [0.2, 0.25) is 0 Å². The van der Waals surface area contributed by atoms with Gasteiger partial charge in [0.15, 0.2) is 0 Å². The minimum atomic E-state index is -0.693. The molecule has 0 aliphatic rings. The molecule has 1 unspecified atom stereocenters. The zero-order chi connectivity index (χ0) is 14.0. The standard InChI is InChI=1S/C16H28O2/c1-5-8-13(2)9-6-10-14(3)11-7-12-15(4)16(17)18/h8,11,15H,5-7,9-10,12H2,1-4H3,(H,17,18)/b13-8+,14-11+. The molecule has 0 rings (SSSR count). The van der Waals surface area contributed by atoms with Crippen molar-refractivity contribution in [1.29, 1.82) is 0 Å². The van der Waals surface area contributed by atoms with Crippen molar-refractivity contribution in [3.63, 3.8) is 0 Å². The molecule has 0 aromatic heterocycles. The first-order valence-corrected chi connectivity index (χ1v) is 7.01. The van der Waals surface area contributed by atoms with E-state index < -0.39 is 5.97 Å². The molecular weight excluding hydrogens is 224 g/mol. The predicted octanol–water partition coefficient (Wildman–Crippen LogP) is 4.96. The van der Waals surface area contributed by atoms with Crippen molar-refractivity contribution in [2.45, 2.75) is 66.2 Å². The summed E-state index contributed by atoms with van der Waals surface area (Å²) in [5.41, 5.74) is 2.86. The molecule has 2 heteroatoms. The van der Waals surface area contributed by atoms with Gasteiger partial charge in [-0.05, 0) is 52.4 Å². The van der Waals surface area contributed by atoms with Crippen molar-refractivity contribution in [1.82, 2.24) is 0 Å². The molecule has 0 fully saturated rings. The van der Waals surface area contributed by atoms with Crippen LogP contribution in [0.1, 0.15) is 66.2 Å². The Labute approximate surface area is 112 Å². The fourth-order valence-corrected chi connectivity index (χ4v) is 1.90. The van der Waals surface area contributed by atoms with E-state index in [9.17, 15) is 4.79 Å². The molecule has 104 valence electrons. The van der Waals surface area contributed by atoms with E-state index in [4.69, 9.17) is 5.11 Å². The van der Waals surface area contributed by atoms with Gasteiger partial charge < -0.3 is 5.11 Å². The smallest absolute Gasteiger partial charge is 0.306 e. The van der Waals surface area contributed by atoms with E-state index in [0.29, 0.717) is 0 Å². The van der Waals surface area contributed by atoms with Crippen LogP contribution in [0.5, 0.6) is 0 Å². The fourth-order valence-electron chi connectivity index (χ4n) is 1.90. The highest BCUT2D eigenvalue weighted by Gasteiger charge is 2.08. The lowest BCUT2D eigenvalue weighted by atomic mass is 10.0. The first-order valence-electron chi connectivity index (χ1n) is 7.01. The molecule has 0 aliphatic heterocycles. The van der Waals surface area contributed by atoms with Gasteiger partial charge in [0.05, 0.1) is 5.92 Å². The number of carboxylic acid groups (broad SMARTS) is 1. The molecule has 0 saturated heterocycles. The molecule has 0 amide bonds. The summed E-state index contributed by atoms with van der Waals surface area (Å²) in [5.74, 6) is -0.926. The Kier molecular flexibility index (Phi) is 9.35. The molecule has 0 heterocycles. The molecule has 0 spiro atoms. The SMILES string of the molecule is CC/C=C(\C)CCC/C(C)=C/CCC(C)C(=O)O. The van der Waals surface area contributed by atoms with E-state index in [1.807, 2.05) is 0 Å². The average molecular weight is 252 g/mol. The zero-order valence-electron chi connectivity index (χ0n) is 12.3. The monoisotopic (exact) mass is 252 g/mol. The maximum Gasteiger partial charge on any atom is 0.306 e. The van der Waals surface area contributed by atoms with Gasteiger partial charge in [-0.15, -0.1) is 0 Å². The Morgan fingerprint density at radius 2 is 1.72 bits per heavy atom. The molecule has 1 N–H and O–H groups in total. The van der Waals surface area contributed by atoms with E-state index in [1.165, 1.54) is 24.0 Å². The summed E-state index contributed by atoms with van der Waals surface area (Å²) in [6.45, 7) is 8.27. The highest BCUT2D eigenvalue weighted by Crippen LogP contribution is 2.14. The zero-order valence-corrected chi connectivity index (χ0v) is 12.3. The van der Waals surface area contributed by atoms with Crippen LogP contribution >= 0.6 is 0 Å². The van der Waals surface area contributed by atoms with Gasteiger partial charge in [-0.25, -0.2) is 0 Å². The maximum absolute atomic E-state index is 10.7. The van der Waals surface area contributed by atoms with Crippen molar-refractivity contribution >= 4 is 5.97 Å². The van der Waals surface area contributed by atoms with Gasteiger partial charge >= 0.3 is 5.97 Å². The van der Waals surface area contributed by atoms with Crippen LogP contribution in [-0.2, 0) is 4.79 Å².